The summed E-state index contributed by atoms with van der Waals surface area (Å²) in [7, 11) is 5.60. The van der Waals surface area contributed by atoms with Gasteiger partial charge in [0.05, 0.1) is 37.1 Å². The molecule has 9 heteroatoms. The zero-order valence-corrected chi connectivity index (χ0v) is 20.4. The number of nitrogens with zero attached hydrogens (tertiary/aromatic N) is 4. The van der Waals surface area contributed by atoms with Crippen molar-refractivity contribution in [2.45, 2.75) is 25.4 Å². The third-order valence-electron chi connectivity index (χ3n) is 6.92. The fraction of sp³-hybridized carbons (Fsp3) is 0.423. The van der Waals surface area contributed by atoms with Crippen LogP contribution in [0.2, 0.25) is 0 Å². The van der Waals surface area contributed by atoms with Gasteiger partial charge in [-0.3, -0.25) is 19.4 Å². The number of para-hydroxylation sites is 1. The Hall–Kier alpha value is -3.43. The van der Waals surface area contributed by atoms with Crippen LogP contribution in [-0.4, -0.2) is 86.1 Å². The molecule has 2 aliphatic heterocycles. The number of carbonyl (C=O) groups is 3. The van der Waals surface area contributed by atoms with Crippen LogP contribution in [0.25, 0.3) is 0 Å². The highest BCUT2D eigenvalue weighted by molar-refractivity contribution is 6.12. The molecule has 2 heterocycles. The summed E-state index contributed by atoms with van der Waals surface area (Å²) in [5.41, 5.74) is 1.82. The molecule has 1 fully saturated rings. The Morgan fingerprint density at radius 1 is 1.11 bits per heavy atom. The number of benzene rings is 2. The van der Waals surface area contributed by atoms with Crippen LogP contribution < -0.4 is 14.5 Å². The molecule has 2 aliphatic rings. The maximum atomic E-state index is 13.4. The number of fused-ring (bicyclic) bond motifs is 1. The lowest BCUT2D eigenvalue weighted by atomic mass is 10.0. The first kappa shape index (κ1) is 24.7. The number of carboxylic acids is 1. The lowest BCUT2D eigenvalue weighted by Gasteiger charge is -2.39. The van der Waals surface area contributed by atoms with E-state index in [1.807, 2.05) is 36.2 Å². The molecule has 2 aromatic carbocycles. The zero-order chi connectivity index (χ0) is 25.1. The Bertz CT molecular complexity index is 1110. The van der Waals surface area contributed by atoms with Crippen LogP contribution in [0.3, 0.4) is 0 Å². The molecular weight excluding hydrogens is 448 g/mol. The number of hydrogen-bond donors (Lipinski definition) is 1. The molecule has 4 rings (SSSR count). The smallest absolute Gasteiger partial charge is 0.335 e. The van der Waals surface area contributed by atoms with E-state index in [4.69, 9.17) is 4.74 Å². The number of likely N-dealkylation sites (N-methyl/N-ethyl adjacent to an activating group) is 1. The number of anilines is 2. The van der Waals surface area contributed by atoms with Gasteiger partial charge < -0.3 is 19.6 Å². The quantitative estimate of drug-likeness (QED) is 0.650. The summed E-state index contributed by atoms with van der Waals surface area (Å²) in [6.45, 7) is 2.22. The first-order valence-corrected chi connectivity index (χ1v) is 11.8. The average Bonchev–Trinajstić information content (AvgIpc) is 2.85. The van der Waals surface area contributed by atoms with Crippen LogP contribution in [0.1, 0.15) is 28.8 Å². The molecular formula is C26H32N4O5. The molecule has 0 radical (unpaired) electrons. The Balaban J connectivity index is 1.62. The number of piperidine rings is 1. The van der Waals surface area contributed by atoms with Crippen LogP contribution in [0, 0.1) is 0 Å². The highest BCUT2D eigenvalue weighted by Gasteiger charge is 2.34. The van der Waals surface area contributed by atoms with Crippen molar-refractivity contribution in [1.82, 2.24) is 9.80 Å². The van der Waals surface area contributed by atoms with Gasteiger partial charge in [-0.15, -0.1) is 0 Å². The van der Waals surface area contributed by atoms with E-state index in [2.05, 4.69) is 11.9 Å². The molecule has 0 bridgehead atoms. The highest BCUT2D eigenvalue weighted by Crippen LogP contribution is 2.36. The maximum Gasteiger partial charge on any atom is 0.335 e. The molecule has 186 valence electrons. The van der Waals surface area contributed by atoms with Gasteiger partial charge in [0.1, 0.15) is 12.3 Å². The number of amides is 2. The van der Waals surface area contributed by atoms with Crippen LogP contribution in [0.4, 0.5) is 11.4 Å². The lowest BCUT2D eigenvalue weighted by molar-refractivity contribution is -0.123. The number of ether oxygens (including phenoxy) is 1. The number of carbonyl (C=O) groups excluding carboxylic acids is 2. The second kappa shape index (κ2) is 10.5. The summed E-state index contributed by atoms with van der Waals surface area (Å²) >= 11 is 0. The minimum atomic E-state index is -1.09. The van der Waals surface area contributed by atoms with Crippen molar-refractivity contribution in [3.63, 3.8) is 0 Å². The molecule has 9 nitrogen and oxygen atoms in total. The van der Waals surface area contributed by atoms with E-state index < -0.39 is 5.97 Å². The molecule has 0 aromatic heterocycles. The molecule has 0 aliphatic carbocycles. The summed E-state index contributed by atoms with van der Waals surface area (Å²) in [4.78, 5) is 45.7. The van der Waals surface area contributed by atoms with Crippen LogP contribution >= 0.6 is 0 Å². The number of aromatic carboxylic acids is 1. The number of methoxy groups -OCH3 is 1. The number of rotatable bonds is 7. The van der Waals surface area contributed by atoms with E-state index in [-0.39, 0.29) is 37.0 Å². The van der Waals surface area contributed by atoms with Crippen molar-refractivity contribution in [3.8, 4) is 5.75 Å². The van der Waals surface area contributed by atoms with E-state index in [0.717, 1.165) is 31.5 Å². The van der Waals surface area contributed by atoms with Gasteiger partial charge in [-0.05, 0) is 64.3 Å². The summed E-state index contributed by atoms with van der Waals surface area (Å²) in [5.74, 6) is -0.888. The topological polar surface area (TPSA) is 93.6 Å². The summed E-state index contributed by atoms with van der Waals surface area (Å²) in [5, 5.41) is 9.56. The summed E-state index contributed by atoms with van der Waals surface area (Å²) in [6.07, 6.45) is 1.96. The Morgan fingerprint density at radius 3 is 2.51 bits per heavy atom. The van der Waals surface area contributed by atoms with Crippen LogP contribution in [-0.2, 0) is 16.1 Å². The molecule has 35 heavy (non-hydrogen) atoms. The Labute approximate surface area is 205 Å². The fourth-order valence-corrected chi connectivity index (χ4v) is 4.80. The van der Waals surface area contributed by atoms with Crippen LogP contribution in [0.5, 0.6) is 5.75 Å². The lowest BCUT2D eigenvalue weighted by Crippen LogP contribution is -2.52. The van der Waals surface area contributed by atoms with E-state index in [0.29, 0.717) is 23.2 Å². The molecule has 0 spiro atoms. The second-order valence-corrected chi connectivity index (χ2v) is 9.23. The van der Waals surface area contributed by atoms with Gasteiger partial charge in [-0.25, -0.2) is 4.79 Å². The van der Waals surface area contributed by atoms with Crippen molar-refractivity contribution in [3.05, 3.63) is 53.6 Å². The molecule has 1 saturated heterocycles. The van der Waals surface area contributed by atoms with Crippen molar-refractivity contribution < 1.29 is 24.2 Å². The van der Waals surface area contributed by atoms with Gasteiger partial charge in [0.25, 0.3) is 0 Å². The van der Waals surface area contributed by atoms with Crippen molar-refractivity contribution in [2.24, 2.45) is 0 Å². The van der Waals surface area contributed by atoms with Gasteiger partial charge in [0.15, 0.2) is 0 Å². The first-order valence-electron chi connectivity index (χ1n) is 11.8. The second-order valence-electron chi connectivity index (χ2n) is 9.23. The van der Waals surface area contributed by atoms with E-state index in [1.165, 1.54) is 17.0 Å². The Kier molecular flexibility index (Phi) is 7.37. The minimum absolute atomic E-state index is 0.0665. The van der Waals surface area contributed by atoms with Gasteiger partial charge in [-0.1, -0.05) is 18.2 Å². The largest absolute Gasteiger partial charge is 0.496 e. The third-order valence-corrected chi connectivity index (χ3v) is 6.92. The molecule has 0 atom stereocenters. The minimum Gasteiger partial charge on any atom is -0.496 e. The normalized spacial score (nSPS) is 17.0. The highest BCUT2D eigenvalue weighted by atomic mass is 16.5. The van der Waals surface area contributed by atoms with E-state index in [1.54, 1.807) is 18.1 Å². The zero-order valence-electron chi connectivity index (χ0n) is 20.4. The molecule has 2 amide bonds. The predicted octanol–water partition coefficient (Wildman–Crippen LogP) is 2.30. The third kappa shape index (κ3) is 5.31. The Morgan fingerprint density at radius 2 is 1.83 bits per heavy atom. The number of carboxylic acid groups (broad SMARTS) is 1. The van der Waals surface area contributed by atoms with E-state index >= 15 is 0 Å². The monoisotopic (exact) mass is 480 g/mol. The summed E-state index contributed by atoms with van der Waals surface area (Å²) in [6, 6.07) is 12.3. The molecule has 0 unspecified atom stereocenters. The van der Waals surface area contributed by atoms with Crippen molar-refractivity contribution in [1.29, 1.82) is 0 Å². The standard InChI is InChI=1S/C26H32N4O5/c1-27-12-10-20(11-13-27)28(2)16-24(31)30-17-25(32)29(15-19-6-4-5-7-23(19)35-3)21-9-8-18(26(33)34)14-22(21)30/h4-9,14,20H,10-13,15-17H2,1-3H3,(H,33,34). The van der Waals surface area contributed by atoms with Gasteiger partial charge in [0, 0.05) is 11.6 Å². The number of likely N-dealkylation sites (tertiary alicyclic amines) is 1. The van der Waals surface area contributed by atoms with Gasteiger partial charge in [-0.2, -0.15) is 0 Å². The SMILES string of the molecule is COc1ccccc1CN1C(=O)CN(C(=O)CN(C)C2CCN(C)CC2)c2cc(C(=O)O)ccc21. The first-order chi connectivity index (χ1) is 16.8. The van der Waals surface area contributed by atoms with Crippen LogP contribution in [0.15, 0.2) is 42.5 Å². The molecule has 1 N–H and O–H groups in total. The number of hydrogen-bond acceptors (Lipinski definition) is 6. The van der Waals surface area contributed by atoms with Crippen molar-refractivity contribution >= 4 is 29.2 Å². The molecule has 2 aromatic rings. The van der Waals surface area contributed by atoms with Gasteiger partial charge >= 0.3 is 5.97 Å². The van der Waals surface area contributed by atoms with Crippen molar-refractivity contribution in [2.75, 3.05) is 57.2 Å². The summed E-state index contributed by atoms with van der Waals surface area (Å²) < 4.78 is 5.44. The average molecular weight is 481 g/mol. The van der Waals surface area contributed by atoms with E-state index in [9.17, 15) is 19.5 Å². The van der Waals surface area contributed by atoms with Gasteiger partial charge in [0.2, 0.25) is 11.8 Å². The fourth-order valence-electron chi connectivity index (χ4n) is 4.80. The predicted molar refractivity (Wildman–Crippen MR) is 133 cm³/mol. The maximum absolute atomic E-state index is 13.4. The molecule has 0 saturated carbocycles.